The molecule has 3 nitrogen and oxygen atoms in total. The molecule has 0 atom stereocenters. The molecule has 3 heteroatoms. The van der Waals surface area contributed by atoms with Crippen molar-refractivity contribution in [1.82, 2.24) is 5.16 Å². The molecule has 0 aliphatic carbocycles. The van der Waals surface area contributed by atoms with Gasteiger partial charge in [-0.1, -0.05) is 32.9 Å². The summed E-state index contributed by atoms with van der Waals surface area (Å²) in [6, 6.07) is 1.69. The van der Waals surface area contributed by atoms with Crippen LogP contribution in [0.25, 0.3) is 0 Å². The van der Waals surface area contributed by atoms with Gasteiger partial charge in [0.15, 0.2) is 5.76 Å². The van der Waals surface area contributed by atoms with Gasteiger partial charge in [0.2, 0.25) is 0 Å². The van der Waals surface area contributed by atoms with Gasteiger partial charge in [-0.25, -0.2) is 0 Å². The van der Waals surface area contributed by atoms with Crippen LogP contribution in [0.4, 0.5) is 0 Å². The van der Waals surface area contributed by atoms with Crippen molar-refractivity contribution in [2.24, 2.45) is 0 Å². The second-order valence-electron chi connectivity index (χ2n) is 1.59. The molecule has 0 fully saturated rings. The van der Waals surface area contributed by atoms with Gasteiger partial charge in [-0.15, -0.1) is 0 Å². The van der Waals surface area contributed by atoms with Crippen molar-refractivity contribution in [1.29, 1.82) is 0 Å². The lowest BCUT2D eigenvalue weighted by Gasteiger charge is -1.76. The van der Waals surface area contributed by atoms with Gasteiger partial charge in [-0.05, 0) is 6.92 Å². The zero-order valence-electron chi connectivity index (χ0n) is 8.59. The van der Waals surface area contributed by atoms with Gasteiger partial charge in [0.05, 0.1) is 5.69 Å². The van der Waals surface area contributed by atoms with Crippen molar-refractivity contribution in [3.05, 3.63) is 17.5 Å². The summed E-state index contributed by atoms with van der Waals surface area (Å²) in [7, 11) is 0. The lowest BCUT2D eigenvalue weighted by molar-refractivity contribution is 0.228. The van der Waals surface area contributed by atoms with Crippen LogP contribution in [0.1, 0.15) is 39.1 Å². The summed E-state index contributed by atoms with van der Waals surface area (Å²) < 4.78 is 4.61. The third kappa shape index (κ3) is 5.92. The van der Waals surface area contributed by atoms with Crippen molar-refractivity contribution in [2.45, 2.75) is 41.2 Å². The van der Waals surface area contributed by atoms with Crippen LogP contribution < -0.4 is 0 Å². The summed E-state index contributed by atoms with van der Waals surface area (Å²) in [4.78, 5) is 0. The molecule has 0 aliphatic rings. The maximum atomic E-state index is 8.42. The second kappa shape index (κ2) is 10.2. The molecule has 1 rings (SSSR count). The highest BCUT2D eigenvalue weighted by Gasteiger charge is 1.94. The minimum atomic E-state index is -0.0686. The standard InChI is InChI=1S/C5H7NO2.2C2H6/c1-4-2-5(3-7)8-6-4;2*1-2/h2,7H,3H2,1H3;2*1-2H3. The van der Waals surface area contributed by atoms with E-state index in [1.54, 1.807) is 6.07 Å². The maximum Gasteiger partial charge on any atom is 0.162 e. The first-order chi connectivity index (χ1) is 5.83. The van der Waals surface area contributed by atoms with Gasteiger partial charge in [-0.3, -0.25) is 0 Å². The number of hydrogen-bond donors (Lipinski definition) is 1. The zero-order chi connectivity index (χ0) is 9.98. The first-order valence-electron chi connectivity index (χ1n) is 4.36. The summed E-state index contributed by atoms with van der Waals surface area (Å²) in [5, 5.41) is 12.0. The van der Waals surface area contributed by atoms with Crippen LogP contribution in [0.3, 0.4) is 0 Å². The smallest absolute Gasteiger partial charge is 0.162 e. The average Bonchev–Trinajstić information content (AvgIpc) is 2.58. The molecule has 1 heterocycles. The van der Waals surface area contributed by atoms with Crippen molar-refractivity contribution >= 4 is 0 Å². The molecule has 72 valence electrons. The normalized spacial score (nSPS) is 7.50. The summed E-state index contributed by atoms with van der Waals surface area (Å²) >= 11 is 0. The van der Waals surface area contributed by atoms with E-state index in [1.165, 1.54) is 0 Å². The van der Waals surface area contributed by atoms with E-state index in [4.69, 9.17) is 5.11 Å². The summed E-state index contributed by atoms with van der Waals surface area (Å²) in [6.07, 6.45) is 0. The highest BCUT2D eigenvalue weighted by Crippen LogP contribution is 1.99. The van der Waals surface area contributed by atoms with Crippen LogP contribution in [0, 0.1) is 6.92 Å². The number of aliphatic hydroxyl groups excluding tert-OH is 1. The zero-order valence-corrected chi connectivity index (χ0v) is 8.59. The fraction of sp³-hybridized carbons (Fsp3) is 0.667. The first kappa shape index (κ1) is 13.7. The van der Waals surface area contributed by atoms with Gasteiger partial charge in [0.1, 0.15) is 6.61 Å². The highest BCUT2D eigenvalue weighted by atomic mass is 16.5. The number of aromatic nitrogens is 1. The SMILES string of the molecule is CC.CC.Cc1cc(CO)on1. The van der Waals surface area contributed by atoms with Crippen LogP contribution >= 0.6 is 0 Å². The molecule has 0 spiro atoms. The molecule has 1 aromatic heterocycles. The Morgan fingerprint density at radius 2 is 1.83 bits per heavy atom. The van der Waals surface area contributed by atoms with Gasteiger partial charge in [0, 0.05) is 6.07 Å². The minimum Gasteiger partial charge on any atom is -0.388 e. The molecule has 0 aromatic carbocycles. The molecule has 12 heavy (non-hydrogen) atoms. The lowest BCUT2D eigenvalue weighted by Crippen LogP contribution is -1.73. The van der Waals surface area contributed by atoms with Crippen LogP contribution in [0.5, 0.6) is 0 Å². The topological polar surface area (TPSA) is 46.3 Å². The van der Waals surface area contributed by atoms with E-state index in [0.717, 1.165) is 5.69 Å². The van der Waals surface area contributed by atoms with Crippen molar-refractivity contribution < 1.29 is 9.63 Å². The minimum absolute atomic E-state index is 0.0686. The Kier molecular flexibility index (Phi) is 11.6. The van der Waals surface area contributed by atoms with E-state index < -0.39 is 0 Å². The molecule has 0 aliphatic heterocycles. The van der Waals surface area contributed by atoms with Gasteiger partial charge >= 0.3 is 0 Å². The largest absolute Gasteiger partial charge is 0.388 e. The summed E-state index contributed by atoms with van der Waals surface area (Å²) in [5.74, 6) is 0.516. The quantitative estimate of drug-likeness (QED) is 0.709. The molecular formula is C9H19NO2. The van der Waals surface area contributed by atoms with E-state index in [1.807, 2.05) is 34.6 Å². The van der Waals surface area contributed by atoms with Crippen molar-refractivity contribution in [2.75, 3.05) is 0 Å². The number of aliphatic hydroxyl groups is 1. The monoisotopic (exact) mass is 173 g/mol. The van der Waals surface area contributed by atoms with Gasteiger partial charge < -0.3 is 9.63 Å². The van der Waals surface area contributed by atoms with E-state index in [-0.39, 0.29) is 6.61 Å². The molecule has 0 amide bonds. The predicted octanol–water partition coefficient (Wildman–Crippen LogP) is 2.53. The van der Waals surface area contributed by atoms with Crippen molar-refractivity contribution in [3.63, 3.8) is 0 Å². The lowest BCUT2D eigenvalue weighted by atomic mass is 10.4. The van der Waals surface area contributed by atoms with Gasteiger partial charge in [0.25, 0.3) is 0 Å². The van der Waals surface area contributed by atoms with Crippen molar-refractivity contribution in [3.8, 4) is 0 Å². The fourth-order valence-electron chi connectivity index (χ4n) is 0.491. The Balaban J connectivity index is 0. The number of nitrogens with zero attached hydrogens (tertiary/aromatic N) is 1. The third-order valence-corrected chi connectivity index (χ3v) is 0.833. The molecule has 0 unspecified atom stereocenters. The molecule has 0 radical (unpaired) electrons. The summed E-state index contributed by atoms with van der Waals surface area (Å²) in [5.41, 5.74) is 0.800. The van der Waals surface area contributed by atoms with E-state index in [2.05, 4.69) is 9.68 Å². The number of aryl methyl sites for hydroxylation is 1. The highest BCUT2D eigenvalue weighted by molar-refractivity contribution is 5.01. The predicted molar refractivity (Wildman–Crippen MR) is 49.9 cm³/mol. The molecule has 0 saturated carbocycles. The first-order valence-corrected chi connectivity index (χ1v) is 4.36. The molecular weight excluding hydrogens is 154 g/mol. The maximum absolute atomic E-state index is 8.42. The van der Waals surface area contributed by atoms with Crippen LogP contribution in [0.15, 0.2) is 10.6 Å². The number of hydrogen-bond acceptors (Lipinski definition) is 3. The Bertz CT molecular complexity index is 173. The Hall–Kier alpha value is -0.830. The van der Waals surface area contributed by atoms with Crippen LogP contribution in [-0.4, -0.2) is 10.3 Å². The summed E-state index contributed by atoms with van der Waals surface area (Å²) in [6.45, 7) is 9.74. The Morgan fingerprint density at radius 3 is 2.00 bits per heavy atom. The molecule has 1 aromatic rings. The average molecular weight is 173 g/mol. The molecule has 0 bridgehead atoms. The van der Waals surface area contributed by atoms with Crippen LogP contribution in [-0.2, 0) is 6.61 Å². The Morgan fingerprint density at radius 1 is 1.33 bits per heavy atom. The fourth-order valence-corrected chi connectivity index (χ4v) is 0.491. The van der Waals surface area contributed by atoms with Gasteiger partial charge in [-0.2, -0.15) is 0 Å². The number of rotatable bonds is 1. The van der Waals surface area contributed by atoms with E-state index >= 15 is 0 Å². The molecule has 1 N–H and O–H groups in total. The van der Waals surface area contributed by atoms with Crippen LogP contribution in [0.2, 0.25) is 0 Å². The van der Waals surface area contributed by atoms with E-state index in [9.17, 15) is 0 Å². The third-order valence-electron chi connectivity index (χ3n) is 0.833. The second-order valence-corrected chi connectivity index (χ2v) is 1.59. The van der Waals surface area contributed by atoms with E-state index in [0.29, 0.717) is 5.76 Å². The molecule has 0 saturated heterocycles. The Labute approximate surface area is 74.4 Å².